The maximum atomic E-state index is 11.0. The highest BCUT2D eigenvalue weighted by molar-refractivity contribution is 8.13. The molecule has 0 spiro atoms. The van der Waals surface area contributed by atoms with Crippen LogP contribution >= 0.6 is 10.7 Å². The summed E-state index contributed by atoms with van der Waals surface area (Å²) in [6.45, 7) is 1.48. The van der Waals surface area contributed by atoms with Crippen molar-refractivity contribution in [3.05, 3.63) is 23.3 Å². The quantitative estimate of drug-likeness (QED) is 0.743. The van der Waals surface area contributed by atoms with Crippen LogP contribution in [-0.4, -0.2) is 13.5 Å². The van der Waals surface area contributed by atoms with Crippen LogP contribution in [0.25, 0.3) is 0 Å². The first-order valence-electron chi connectivity index (χ1n) is 3.55. The molecular formula is C8H6ClNO3S. The van der Waals surface area contributed by atoms with E-state index in [1.165, 1.54) is 19.1 Å². The molecule has 0 amide bonds. The summed E-state index contributed by atoms with van der Waals surface area (Å²) in [6.07, 6.45) is 0. The van der Waals surface area contributed by atoms with Gasteiger partial charge in [0.05, 0.1) is 5.56 Å². The molecule has 0 fully saturated rings. The number of phenolic OH excluding ortho intramolecular Hbond substituents is 1. The minimum Gasteiger partial charge on any atom is -0.505 e. The average Bonchev–Trinajstić information content (AvgIpc) is 2.02. The first kappa shape index (κ1) is 10.8. The third kappa shape index (κ3) is 1.81. The van der Waals surface area contributed by atoms with Crippen molar-refractivity contribution >= 4 is 19.7 Å². The van der Waals surface area contributed by atoms with Crippen molar-refractivity contribution in [2.45, 2.75) is 11.8 Å². The van der Waals surface area contributed by atoms with Crippen LogP contribution in [0.15, 0.2) is 17.0 Å². The highest BCUT2D eigenvalue weighted by Gasteiger charge is 2.21. The number of phenols is 1. The third-order valence-corrected chi connectivity index (χ3v) is 3.16. The van der Waals surface area contributed by atoms with Gasteiger partial charge in [-0.1, -0.05) is 6.07 Å². The van der Waals surface area contributed by atoms with Gasteiger partial charge in [-0.25, -0.2) is 8.42 Å². The number of aryl methyl sites for hydroxylation is 1. The molecule has 0 radical (unpaired) electrons. The molecule has 1 rings (SSSR count). The minimum atomic E-state index is -4.03. The van der Waals surface area contributed by atoms with Crippen LogP contribution in [0.3, 0.4) is 0 Å². The van der Waals surface area contributed by atoms with Crippen LogP contribution in [0.2, 0.25) is 0 Å². The zero-order valence-corrected chi connectivity index (χ0v) is 8.72. The number of aromatic hydroxyl groups is 1. The maximum Gasteiger partial charge on any atom is 0.265 e. The molecule has 0 unspecified atom stereocenters. The van der Waals surface area contributed by atoms with E-state index in [0.717, 1.165) is 0 Å². The number of hydrogen-bond acceptors (Lipinski definition) is 4. The van der Waals surface area contributed by atoms with Gasteiger partial charge in [0.25, 0.3) is 9.05 Å². The second-order valence-electron chi connectivity index (χ2n) is 2.66. The number of nitriles is 1. The van der Waals surface area contributed by atoms with Gasteiger partial charge in [0.15, 0.2) is 5.75 Å². The molecule has 0 aliphatic rings. The Hall–Kier alpha value is -1.25. The summed E-state index contributed by atoms with van der Waals surface area (Å²) in [5.74, 6) is -0.595. The first-order chi connectivity index (χ1) is 6.38. The van der Waals surface area contributed by atoms with Gasteiger partial charge in [-0.3, -0.25) is 0 Å². The van der Waals surface area contributed by atoms with Gasteiger partial charge in [-0.2, -0.15) is 5.26 Å². The van der Waals surface area contributed by atoms with E-state index in [9.17, 15) is 13.5 Å². The standard InChI is InChI=1S/C8H6ClNO3S/c1-5-2-3-6(4-10)7(11)8(5)14(9,12)13/h2-3,11H,1H3. The largest absolute Gasteiger partial charge is 0.505 e. The predicted octanol–water partition coefficient (Wildman–Crippen LogP) is 1.50. The molecule has 0 bridgehead atoms. The first-order valence-corrected chi connectivity index (χ1v) is 5.86. The number of nitrogens with zero attached hydrogens (tertiary/aromatic N) is 1. The summed E-state index contributed by atoms with van der Waals surface area (Å²) in [4.78, 5) is -0.404. The Bertz CT molecular complexity index is 516. The molecule has 0 aliphatic carbocycles. The van der Waals surface area contributed by atoms with Crippen molar-refractivity contribution in [1.29, 1.82) is 5.26 Å². The van der Waals surface area contributed by atoms with Gasteiger partial charge in [-0.15, -0.1) is 0 Å². The zero-order valence-electron chi connectivity index (χ0n) is 7.15. The van der Waals surface area contributed by atoms with Crippen LogP contribution in [0.5, 0.6) is 5.75 Å². The van der Waals surface area contributed by atoms with Crippen molar-refractivity contribution < 1.29 is 13.5 Å². The van der Waals surface area contributed by atoms with Crippen LogP contribution in [-0.2, 0) is 9.05 Å². The molecule has 0 saturated heterocycles. The average molecular weight is 232 g/mol. The Labute approximate surface area is 85.8 Å². The van der Waals surface area contributed by atoms with Crippen LogP contribution in [0.1, 0.15) is 11.1 Å². The monoisotopic (exact) mass is 231 g/mol. The Morgan fingerprint density at radius 2 is 2.07 bits per heavy atom. The molecule has 0 saturated carbocycles. The van der Waals surface area contributed by atoms with E-state index in [1.54, 1.807) is 6.07 Å². The van der Waals surface area contributed by atoms with Crippen molar-refractivity contribution in [2.75, 3.05) is 0 Å². The van der Waals surface area contributed by atoms with Gasteiger partial charge in [-0.05, 0) is 18.6 Å². The van der Waals surface area contributed by atoms with Gasteiger partial charge in [0, 0.05) is 10.7 Å². The number of hydrogen-bond donors (Lipinski definition) is 1. The molecule has 1 aromatic rings. The van der Waals surface area contributed by atoms with E-state index >= 15 is 0 Å². The molecule has 0 atom stereocenters. The van der Waals surface area contributed by atoms with Gasteiger partial charge in [0.1, 0.15) is 11.0 Å². The summed E-state index contributed by atoms with van der Waals surface area (Å²) >= 11 is 0. The molecule has 0 heterocycles. The molecule has 14 heavy (non-hydrogen) atoms. The Balaban J connectivity index is 3.68. The van der Waals surface area contributed by atoms with Crippen molar-refractivity contribution in [1.82, 2.24) is 0 Å². The predicted molar refractivity (Wildman–Crippen MR) is 50.6 cm³/mol. The van der Waals surface area contributed by atoms with E-state index in [4.69, 9.17) is 15.9 Å². The fourth-order valence-electron chi connectivity index (χ4n) is 1.07. The molecule has 6 heteroatoms. The molecule has 1 aromatic carbocycles. The lowest BCUT2D eigenvalue weighted by Gasteiger charge is -2.05. The number of rotatable bonds is 1. The van der Waals surface area contributed by atoms with E-state index in [2.05, 4.69) is 0 Å². The minimum absolute atomic E-state index is 0.116. The lowest BCUT2D eigenvalue weighted by atomic mass is 10.1. The van der Waals surface area contributed by atoms with E-state index in [0.29, 0.717) is 5.56 Å². The van der Waals surface area contributed by atoms with Crippen molar-refractivity contribution in [3.8, 4) is 11.8 Å². The molecular weight excluding hydrogens is 226 g/mol. The zero-order chi connectivity index (χ0) is 10.9. The molecule has 1 N–H and O–H groups in total. The maximum absolute atomic E-state index is 11.0. The normalized spacial score (nSPS) is 10.9. The fourth-order valence-corrected chi connectivity index (χ4v) is 2.45. The summed E-state index contributed by atoms with van der Waals surface area (Å²) in [7, 11) is 1.08. The summed E-state index contributed by atoms with van der Waals surface area (Å²) in [5.41, 5.74) is 0.186. The lowest BCUT2D eigenvalue weighted by Crippen LogP contribution is -1.96. The van der Waals surface area contributed by atoms with Crippen molar-refractivity contribution in [2.24, 2.45) is 0 Å². The fraction of sp³-hybridized carbons (Fsp3) is 0.125. The van der Waals surface area contributed by atoms with Crippen LogP contribution in [0.4, 0.5) is 0 Å². The molecule has 74 valence electrons. The summed E-state index contributed by atoms with van der Waals surface area (Å²) < 4.78 is 22.1. The second-order valence-corrected chi connectivity index (χ2v) is 5.16. The van der Waals surface area contributed by atoms with E-state index < -0.39 is 19.7 Å². The summed E-state index contributed by atoms with van der Waals surface area (Å²) in [5, 5.41) is 18.0. The van der Waals surface area contributed by atoms with E-state index in [-0.39, 0.29) is 5.56 Å². The SMILES string of the molecule is Cc1ccc(C#N)c(O)c1S(=O)(=O)Cl. The number of benzene rings is 1. The smallest absolute Gasteiger partial charge is 0.265 e. The van der Waals surface area contributed by atoms with Crippen LogP contribution in [0, 0.1) is 18.3 Å². The Morgan fingerprint density at radius 3 is 2.50 bits per heavy atom. The van der Waals surface area contributed by atoms with Crippen LogP contribution < -0.4 is 0 Å². The van der Waals surface area contributed by atoms with Gasteiger partial charge >= 0.3 is 0 Å². The molecule has 4 nitrogen and oxygen atoms in total. The van der Waals surface area contributed by atoms with Gasteiger partial charge in [0.2, 0.25) is 0 Å². The molecule has 0 aliphatic heterocycles. The Morgan fingerprint density at radius 1 is 1.50 bits per heavy atom. The summed E-state index contributed by atoms with van der Waals surface area (Å²) in [6, 6.07) is 4.40. The number of halogens is 1. The lowest BCUT2D eigenvalue weighted by molar-refractivity contribution is 0.457. The Kier molecular flexibility index (Phi) is 2.69. The molecule has 0 aromatic heterocycles. The third-order valence-electron chi connectivity index (χ3n) is 1.69. The van der Waals surface area contributed by atoms with E-state index in [1.807, 2.05) is 0 Å². The van der Waals surface area contributed by atoms with Gasteiger partial charge < -0.3 is 5.11 Å². The second kappa shape index (κ2) is 3.48. The van der Waals surface area contributed by atoms with Crippen molar-refractivity contribution in [3.63, 3.8) is 0 Å². The highest BCUT2D eigenvalue weighted by Crippen LogP contribution is 2.31. The topological polar surface area (TPSA) is 78.2 Å². The highest BCUT2D eigenvalue weighted by atomic mass is 35.7.